The third kappa shape index (κ3) is 5.45. The summed E-state index contributed by atoms with van der Waals surface area (Å²) in [6, 6.07) is 16.4. The normalized spacial score (nSPS) is 11.6. The van der Waals surface area contributed by atoms with E-state index in [0.717, 1.165) is 17.1 Å². The first-order valence-corrected chi connectivity index (χ1v) is 7.96. The van der Waals surface area contributed by atoms with Gasteiger partial charge in [-0.1, -0.05) is 54.1 Å². The van der Waals surface area contributed by atoms with Crippen molar-refractivity contribution in [2.24, 2.45) is 0 Å². The van der Waals surface area contributed by atoms with Crippen molar-refractivity contribution >= 4 is 11.6 Å². The summed E-state index contributed by atoms with van der Waals surface area (Å²) in [6.45, 7) is 8.45. The molecule has 0 saturated carbocycles. The Hall–Kier alpha value is -1.35. The van der Waals surface area contributed by atoms with Gasteiger partial charge >= 0.3 is 0 Å². The SMILES string of the molecule is Cc1cc(CNC(C)(C)COCc2ccccc2)ccc1Cl. The maximum absolute atomic E-state index is 6.06. The van der Waals surface area contributed by atoms with Crippen LogP contribution in [0.25, 0.3) is 0 Å². The Morgan fingerprint density at radius 1 is 1.05 bits per heavy atom. The molecule has 2 rings (SSSR count). The fourth-order valence-electron chi connectivity index (χ4n) is 2.21. The smallest absolute Gasteiger partial charge is 0.0717 e. The van der Waals surface area contributed by atoms with Crippen LogP contribution in [0.5, 0.6) is 0 Å². The van der Waals surface area contributed by atoms with Crippen LogP contribution in [0, 0.1) is 6.92 Å². The standard InChI is InChI=1S/C19H24ClNO/c1-15-11-17(9-10-18(15)20)12-21-19(2,3)14-22-13-16-7-5-4-6-8-16/h4-11,21H,12-14H2,1-3H3. The highest BCUT2D eigenvalue weighted by atomic mass is 35.5. The van der Waals surface area contributed by atoms with E-state index in [0.29, 0.717) is 13.2 Å². The number of nitrogens with one attached hydrogen (secondary N) is 1. The van der Waals surface area contributed by atoms with E-state index in [9.17, 15) is 0 Å². The summed E-state index contributed by atoms with van der Waals surface area (Å²) in [5, 5.41) is 4.35. The van der Waals surface area contributed by atoms with Gasteiger partial charge in [0.15, 0.2) is 0 Å². The van der Waals surface area contributed by atoms with E-state index in [2.05, 4.69) is 43.4 Å². The van der Waals surface area contributed by atoms with Crippen LogP contribution in [0.4, 0.5) is 0 Å². The molecular weight excluding hydrogens is 294 g/mol. The summed E-state index contributed by atoms with van der Waals surface area (Å²) in [5.41, 5.74) is 3.46. The number of hydrogen-bond acceptors (Lipinski definition) is 2. The summed E-state index contributed by atoms with van der Waals surface area (Å²) < 4.78 is 5.83. The van der Waals surface area contributed by atoms with Crippen LogP contribution in [-0.2, 0) is 17.9 Å². The lowest BCUT2D eigenvalue weighted by atomic mass is 10.1. The highest BCUT2D eigenvalue weighted by molar-refractivity contribution is 6.31. The van der Waals surface area contributed by atoms with Crippen molar-refractivity contribution in [3.8, 4) is 0 Å². The molecule has 2 aromatic rings. The Morgan fingerprint density at radius 2 is 1.77 bits per heavy atom. The largest absolute Gasteiger partial charge is 0.375 e. The summed E-state index contributed by atoms with van der Waals surface area (Å²) in [5.74, 6) is 0. The lowest BCUT2D eigenvalue weighted by Gasteiger charge is -2.26. The molecular formula is C19H24ClNO. The fourth-order valence-corrected chi connectivity index (χ4v) is 2.32. The highest BCUT2D eigenvalue weighted by Crippen LogP contribution is 2.17. The molecule has 0 aliphatic rings. The zero-order valence-electron chi connectivity index (χ0n) is 13.5. The van der Waals surface area contributed by atoms with Gasteiger partial charge in [-0.2, -0.15) is 0 Å². The van der Waals surface area contributed by atoms with E-state index in [1.807, 2.05) is 31.2 Å². The number of benzene rings is 2. The van der Waals surface area contributed by atoms with Crippen LogP contribution in [0.3, 0.4) is 0 Å². The lowest BCUT2D eigenvalue weighted by Crippen LogP contribution is -2.43. The third-order valence-electron chi connectivity index (χ3n) is 3.57. The molecule has 0 spiro atoms. The van der Waals surface area contributed by atoms with Crippen molar-refractivity contribution in [1.29, 1.82) is 0 Å². The van der Waals surface area contributed by atoms with Crippen LogP contribution in [0.1, 0.15) is 30.5 Å². The number of ether oxygens (including phenoxy) is 1. The van der Waals surface area contributed by atoms with Crippen molar-refractivity contribution in [3.05, 3.63) is 70.2 Å². The monoisotopic (exact) mass is 317 g/mol. The minimum absolute atomic E-state index is 0.0810. The van der Waals surface area contributed by atoms with Gasteiger partial charge in [0, 0.05) is 17.1 Å². The molecule has 0 saturated heterocycles. The van der Waals surface area contributed by atoms with E-state index in [4.69, 9.17) is 16.3 Å². The predicted octanol–water partition coefficient (Wildman–Crippen LogP) is 4.73. The van der Waals surface area contributed by atoms with Gasteiger partial charge in [-0.15, -0.1) is 0 Å². The summed E-state index contributed by atoms with van der Waals surface area (Å²) in [4.78, 5) is 0. The van der Waals surface area contributed by atoms with Crippen LogP contribution in [-0.4, -0.2) is 12.1 Å². The Bertz CT molecular complexity index is 596. The molecule has 1 N–H and O–H groups in total. The zero-order chi connectivity index (χ0) is 16.0. The summed E-state index contributed by atoms with van der Waals surface area (Å²) in [7, 11) is 0. The minimum atomic E-state index is -0.0810. The molecule has 0 heterocycles. The second-order valence-electron chi connectivity index (χ2n) is 6.30. The average molecular weight is 318 g/mol. The molecule has 0 amide bonds. The second kappa shape index (κ2) is 7.77. The molecule has 0 radical (unpaired) electrons. The number of hydrogen-bond donors (Lipinski definition) is 1. The van der Waals surface area contributed by atoms with E-state index in [1.54, 1.807) is 0 Å². The molecule has 0 fully saturated rings. The van der Waals surface area contributed by atoms with Gasteiger partial charge < -0.3 is 10.1 Å². The summed E-state index contributed by atoms with van der Waals surface area (Å²) >= 11 is 6.06. The van der Waals surface area contributed by atoms with Crippen LogP contribution in [0.15, 0.2) is 48.5 Å². The Labute approximate surface area is 138 Å². The van der Waals surface area contributed by atoms with Crippen molar-refractivity contribution < 1.29 is 4.74 Å². The van der Waals surface area contributed by atoms with E-state index in [-0.39, 0.29) is 5.54 Å². The van der Waals surface area contributed by atoms with Crippen LogP contribution in [0.2, 0.25) is 5.02 Å². The van der Waals surface area contributed by atoms with Gasteiger partial charge in [-0.3, -0.25) is 0 Å². The molecule has 0 unspecified atom stereocenters. The molecule has 0 aliphatic carbocycles. The number of aryl methyl sites for hydroxylation is 1. The quantitative estimate of drug-likeness (QED) is 0.797. The molecule has 0 bridgehead atoms. The Balaban J connectivity index is 1.79. The molecule has 22 heavy (non-hydrogen) atoms. The molecule has 2 aromatic carbocycles. The minimum Gasteiger partial charge on any atom is -0.375 e. The van der Waals surface area contributed by atoms with Gasteiger partial charge in [0.25, 0.3) is 0 Å². The number of halogens is 1. The van der Waals surface area contributed by atoms with Gasteiger partial charge in [-0.05, 0) is 43.5 Å². The maximum atomic E-state index is 6.06. The van der Waals surface area contributed by atoms with Crippen molar-refractivity contribution in [2.75, 3.05) is 6.61 Å². The van der Waals surface area contributed by atoms with Crippen molar-refractivity contribution in [2.45, 2.75) is 39.5 Å². The number of rotatable bonds is 7. The van der Waals surface area contributed by atoms with Crippen molar-refractivity contribution in [3.63, 3.8) is 0 Å². The summed E-state index contributed by atoms with van der Waals surface area (Å²) in [6.07, 6.45) is 0. The van der Waals surface area contributed by atoms with Gasteiger partial charge in [0.2, 0.25) is 0 Å². The fraction of sp³-hybridized carbons (Fsp3) is 0.368. The second-order valence-corrected chi connectivity index (χ2v) is 6.71. The van der Waals surface area contributed by atoms with E-state index in [1.165, 1.54) is 11.1 Å². The highest BCUT2D eigenvalue weighted by Gasteiger charge is 2.17. The topological polar surface area (TPSA) is 21.3 Å². The predicted molar refractivity (Wildman–Crippen MR) is 93.2 cm³/mol. The molecule has 2 nitrogen and oxygen atoms in total. The third-order valence-corrected chi connectivity index (χ3v) is 3.99. The average Bonchev–Trinajstić information content (AvgIpc) is 2.49. The van der Waals surface area contributed by atoms with Gasteiger partial charge in [0.1, 0.15) is 0 Å². The first kappa shape index (κ1) is 17.0. The molecule has 0 aromatic heterocycles. The van der Waals surface area contributed by atoms with E-state index >= 15 is 0 Å². The van der Waals surface area contributed by atoms with E-state index < -0.39 is 0 Å². The van der Waals surface area contributed by atoms with Gasteiger partial charge in [0.05, 0.1) is 13.2 Å². The Kier molecular flexibility index (Phi) is 6.01. The Morgan fingerprint density at radius 3 is 2.45 bits per heavy atom. The van der Waals surface area contributed by atoms with Gasteiger partial charge in [-0.25, -0.2) is 0 Å². The zero-order valence-corrected chi connectivity index (χ0v) is 14.3. The first-order valence-electron chi connectivity index (χ1n) is 7.58. The molecule has 3 heteroatoms. The van der Waals surface area contributed by atoms with Crippen molar-refractivity contribution in [1.82, 2.24) is 5.32 Å². The van der Waals surface area contributed by atoms with Crippen LogP contribution >= 0.6 is 11.6 Å². The molecule has 0 aliphatic heterocycles. The maximum Gasteiger partial charge on any atom is 0.0717 e. The first-order chi connectivity index (χ1) is 10.5. The van der Waals surface area contributed by atoms with Crippen LogP contribution < -0.4 is 5.32 Å². The lowest BCUT2D eigenvalue weighted by molar-refractivity contribution is 0.0703. The molecule has 118 valence electrons. The molecule has 0 atom stereocenters.